The summed E-state index contributed by atoms with van der Waals surface area (Å²) >= 11 is 0. The van der Waals surface area contributed by atoms with Crippen LogP contribution < -0.4 is 10.1 Å². The van der Waals surface area contributed by atoms with Gasteiger partial charge in [0, 0.05) is 12.1 Å². The number of benzene rings is 1. The second-order valence-electron chi connectivity index (χ2n) is 6.57. The van der Waals surface area contributed by atoms with Crippen LogP contribution in [0.2, 0.25) is 0 Å². The minimum atomic E-state index is -0.913. The molecule has 0 saturated heterocycles. The van der Waals surface area contributed by atoms with E-state index in [-0.39, 0.29) is 11.6 Å². The van der Waals surface area contributed by atoms with Crippen molar-refractivity contribution in [3.05, 3.63) is 29.8 Å². The Morgan fingerprint density at radius 3 is 2.37 bits per heavy atom. The van der Waals surface area contributed by atoms with Crippen LogP contribution in [0.5, 0.6) is 5.75 Å². The highest BCUT2D eigenvalue weighted by atomic mass is 16.5. The summed E-state index contributed by atoms with van der Waals surface area (Å²) in [6.07, 6.45) is 0.132. The molecule has 1 aromatic rings. The highest BCUT2D eigenvalue weighted by Crippen LogP contribution is 2.25. The predicted molar refractivity (Wildman–Crippen MR) is 79.5 cm³/mol. The van der Waals surface area contributed by atoms with Crippen LogP contribution in [-0.2, 0) is 5.60 Å². The smallest absolute Gasteiger partial charge is 0.120 e. The molecule has 1 aromatic carbocycles. The van der Waals surface area contributed by atoms with Crippen LogP contribution >= 0.6 is 0 Å². The number of β-amino-alcohol motifs (C(OH)–C–C–N with tert-alkyl or cyclic N) is 1. The molecule has 0 spiro atoms. The van der Waals surface area contributed by atoms with Crippen LogP contribution in [0.3, 0.4) is 0 Å². The van der Waals surface area contributed by atoms with Crippen molar-refractivity contribution >= 4 is 0 Å². The molecule has 0 saturated carbocycles. The third-order valence-corrected chi connectivity index (χ3v) is 2.79. The summed E-state index contributed by atoms with van der Waals surface area (Å²) in [5, 5.41) is 13.9. The summed E-state index contributed by atoms with van der Waals surface area (Å²) in [5.74, 6) is 0.795. The Bertz CT molecular complexity index is 405. The number of ether oxygens (including phenoxy) is 1. The fourth-order valence-electron chi connectivity index (χ4n) is 1.72. The van der Waals surface area contributed by atoms with Gasteiger partial charge in [-0.25, -0.2) is 0 Å². The Morgan fingerprint density at radius 2 is 1.84 bits per heavy atom. The van der Waals surface area contributed by atoms with Gasteiger partial charge in [-0.3, -0.25) is 0 Å². The maximum atomic E-state index is 10.6. The fourth-order valence-corrected chi connectivity index (χ4v) is 1.72. The minimum Gasteiger partial charge on any atom is -0.491 e. The first-order valence-electron chi connectivity index (χ1n) is 6.85. The molecule has 1 rings (SSSR count). The van der Waals surface area contributed by atoms with Crippen LogP contribution in [0.4, 0.5) is 0 Å². The van der Waals surface area contributed by atoms with E-state index in [2.05, 4.69) is 26.1 Å². The van der Waals surface area contributed by atoms with Crippen LogP contribution in [0.1, 0.15) is 47.1 Å². The van der Waals surface area contributed by atoms with Gasteiger partial charge in [-0.2, -0.15) is 0 Å². The van der Waals surface area contributed by atoms with E-state index < -0.39 is 5.60 Å². The van der Waals surface area contributed by atoms with E-state index in [1.807, 2.05) is 45.0 Å². The van der Waals surface area contributed by atoms with Crippen molar-refractivity contribution in [3.8, 4) is 5.75 Å². The zero-order valence-electron chi connectivity index (χ0n) is 12.9. The normalized spacial score (nSPS) is 15.4. The van der Waals surface area contributed by atoms with Gasteiger partial charge in [0.15, 0.2) is 0 Å². The fraction of sp³-hybridized carbons (Fsp3) is 0.625. The molecular formula is C16H27NO2. The van der Waals surface area contributed by atoms with Crippen molar-refractivity contribution in [2.75, 3.05) is 6.54 Å². The summed E-state index contributed by atoms with van der Waals surface area (Å²) < 4.78 is 5.66. The summed E-state index contributed by atoms with van der Waals surface area (Å²) in [6, 6.07) is 7.66. The van der Waals surface area contributed by atoms with Gasteiger partial charge < -0.3 is 15.2 Å². The highest BCUT2D eigenvalue weighted by molar-refractivity contribution is 5.32. The summed E-state index contributed by atoms with van der Waals surface area (Å²) in [6.45, 7) is 12.6. The Morgan fingerprint density at radius 1 is 1.21 bits per heavy atom. The van der Waals surface area contributed by atoms with Crippen LogP contribution in [0, 0.1) is 0 Å². The molecule has 0 amide bonds. The molecule has 0 radical (unpaired) electrons. The van der Waals surface area contributed by atoms with Gasteiger partial charge >= 0.3 is 0 Å². The van der Waals surface area contributed by atoms with Gasteiger partial charge in [-0.05, 0) is 59.2 Å². The van der Waals surface area contributed by atoms with E-state index >= 15 is 0 Å². The Hall–Kier alpha value is -1.06. The summed E-state index contributed by atoms with van der Waals surface area (Å²) in [5.41, 5.74) is -0.0676. The van der Waals surface area contributed by atoms with Crippen LogP contribution in [0.15, 0.2) is 24.3 Å². The quantitative estimate of drug-likeness (QED) is 0.859. The first-order chi connectivity index (χ1) is 8.60. The molecular weight excluding hydrogens is 238 g/mol. The van der Waals surface area contributed by atoms with Crippen molar-refractivity contribution in [3.63, 3.8) is 0 Å². The van der Waals surface area contributed by atoms with Crippen molar-refractivity contribution in [1.82, 2.24) is 5.32 Å². The summed E-state index contributed by atoms with van der Waals surface area (Å²) in [7, 11) is 0. The van der Waals surface area contributed by atoms with Gasteiger partial charge in [0.25, 0.3) is 0 Å². The maximum absolute atomic E-state index is 10.6. The van der Waals surface area contributed by atoms with Gasteiger partial charge in [0.2, 0.25) is 0 Å². The maximum Gasteiger partial charge on any atom is 0.120 e. The van der Waals surface area contributed by atoms with Crippen molar-refractivity contribution in [2.45, 2.75) is 58.8 Å². The first kappa shape index (κ1) is 16.0. The Balaban J connectivity index is 2.82. The van der Waals surface area contributed by atoms with E-state index in [0.717, 1.165) is 11.3 Å². The van der Waals surface area contributed by atoms with Crippen molar-refractivity contribution in [1.29, 1.82) is 0 Å². The van der Waals surface area contributed by atoms with E-state index in [4.69, 9.17) is 4.74 Å². The van der Waals surface area contributed by atoms with E-state index in [0.29, 0.717) is 6.54 Å². The van der Waals surface area contributed by atoms with E-state index in [1.165, 1.54) is 0 Å². The molecule has 1 unspecified atom stereocenters. The Kier molecular flexibility index (Phi) is 4.99. The van der Waals surface area contributed by atoms with Gasteiger partial charge in [0.05, 0.1) is 11.7 Å². The summed E-state index contributed by atoms with van der Waals surface area (Å²) in [4.78, 5) is 0. The molecule has 108 valence electrons. The number of hydrogen-bond acceptors (Lipinski definition) is 3. The average Bonchev–Trinajstić information content (AvgIpc) is 2.25. The number of hydrogen-bond donors (Lipinski definition) is 2. The van der Waals surface area contributed by atoms with Gasteiger partial charge in [0.1, 0.15) is 5.75 Å². The monoisotopic (exact) mass is 265 g/mol. The molecule has 2 N–H and O–H groups in total. The first-order valence-corrected chi connectivity index (χ1v) is 6.85. The Labute approximate surface area is 117 Å². The number of rotatable bonds is 5. The lowest BCUT2D eigenvalue weighted by Crippen LogP contribution is -2.44. The lowest BCUT2D eigenvalue weighted by Gasteiger charge is -2.30. The topological polar surface area (TPSA) is 41.5 Å². The molecule has 0 heterocycles. The number of aliphatic hydroxyl groups is 1. The third kappa shape index (κ3) is 5.62. The van der Waals surface area contributed by atoms with E-state index in [1.54, 1.807) is 0 Å². The molecule has 0 bridgehead atoms. The zero-order chi connectivity index (χ0) is 14.7. The molecule has 1 atom stereocenters. The van der Waals surface area contributed by atoms with Crippen molar-refractivity contribution < 1.29 is 9.84 Å². The number of nitrogens with one attached hydrogen (secondary N) is 1. The molecule has 19 heavy (non-hydrogen) atoms. The lowest BCUT2D eigenvalue weighted by molar-refractivity contribution is 0.0498. The largest absolute Gasteiger partial charge is 0.491 e. The minimum absolute atomic E-state index is 0.0178. The van der Waals surface area contributed by atoms with Crippen molar-refractivity contribution in [2.24, 2.45) is 0 Å². The molecule has 0 aliphatic heterocycles. The van der Waals surface area contributed by atoms with Crippen LogP contribution in [0.25, 0.3) is 0 Å². The molecule has 0 fully saturated rings. The molecule has 3 heteroatoms. The molecule has 0 aromatic heterocycles. The van der Waals surface area contributed by atoms with E-state index in [9.17, 15) is 5.11 Å². The standard InChI is InChI=1S/C16H27NO2/c1-12(2)19-14-9-7-8-13(10-14)16(6,18)11-17-15(3,4)5/h7-10,12,17-18H,11H2,1-6H3. The highest BCUT2D eigenvalue weighted by Gasteiger charge is 2.25. The van der Waals surface area contributed by atoms with Gasteiger partial charge in [-0.15, -0.1) is 0 Å². The molecule has 0 aliphatic carbocycles. The van der Waals surface area contributed by atoms with Gasteiger partial charge in [-0.1, -0.05) is 12.1 Å². The third-order valence-electron chi connectivity index (χ3n) is 2.79. The lowest BCUT2D eigenvalue weighted by atomic mass is 9.94. The molecule has 0 aliphatic rings. The zero-order valence-corrected chi connectivity index (χ0v) is 12.9. The van der Waals surface area contributed by atoms with Crippen LogP contribution in [-0.4, -0.2) is 23.3 Å². The molecule has 3 nitrogen and oxygen atoms in total. The second kappa shape index (κ2) is 5.93. The SMILES string of the molecule is CC(C)Oc1cccc(C(C)(O)CNC(C)(C)C)c1. The predicted octanol–water partition coefficient (Wildman–Crippen LogP) is 3.07. The second-order valence-corrected chi connectivity index (χ2v) is 6.57. The average molecular weight is 265 g/mol.